The van der Waals surface area contributed by atoms with Crippen molar-refractivity contribution in [1.82, 2.24) is 4.72 Å². The zero-order valence-corrected chi connectivity index (χ0v) is 10.5. The molecule has 0 spiro atoms. The van der Waals surface area contributed by atoms with Crippen molar-refractivity contribution in [2.75, 3.05) is 18.7 Å². The molecule has 0 aliphatic carbocycles. The maximum atomic E-state index is 10.9. The van der Waals surface area contributed by atoms with Crippen molar-refractivity contribution in [3.05, 3.63) is 24.3 Å². The summed E-state index contributed by atoms with van der Waals surface area (Å²) in [6.07, 6.45) is 1.04. The number of nitrogens with one attached hydrogen (secondary N) is 2. The fraction of sp³-hybridized carbons (Fsp3) is 0.222. The van der Waals surface area contributed by atoms with Gasteiger partial charge < -0.3 is 10.1 Å². The fourth-order valence-corrected chi connectivity index (χ4v) is 1.96. The van der Waals surface area contributed by atoms with Crippen LogP contribution in [-0.4, -0.2) is 26.9 Å². The monoisotopic (exact) mass is 260 g/mol. The van der Waals surface area contributed by atoms with E-state index in [2.05, 4.69) is 10.0 Å². The zero-order valence-electron chi connectivity index (χ0n) is 8.85. The van der Waals surface area contributed by atoms with Gasteiger partial charge in [-0.3, -0.25) is 4.72 Å². The predicted molar refractivity (Wildman–Crippen MR) is 67.2 cm³/mol. The molecule has 0 atom stereocenters. The van der Waals surface area contributed by atoms with Crippen LogP contribution in [0.4, 0.5) is 5.69 Å². The second-order valence-corrected chi connectivity index (χ2v) is 5.21. The molecule has 0 radical (unpaired) electrons. The zero-order chi connectivity index (χ0) is 12.2. The number of benzene rings is 1. The number of anilines is 1. The molecule has 2 N–H and O–H groups in total. The maximum Gasteiger partial charge on any atom is 0.231 e. The summed E-state index contributed by atoms with van der Waals surface area (Å²) in [5, 5.41) is 2.77. The molecule has 0 saturated heterocycles. The van der Waals surface area contributed by atoms with E-state index >= 15 is 0 Å². The molecule has 0 aliphatic heterocycles. The standard InChI is InChI=1S/C9H12N2O3S2/c1-14-8-5-3-7(4-6-8)10-9(15)11-16(2,12)13/h3-6H,1-2H3,(H2,10,11,15). The van der Waals surface area contributed by atoms with E-state index in [1.54, 1.807) is 31.4 Å². The van der Waals surface area contributed by atoms with Crippen molar-refractivity contribution in [2.24, 2.45) is 0 Å². The highest BCUT2D eigenvalue weighted by atomic mass is 32.2. The molecule has 0 aliphatic rings. The van der Waals surface area contributed by atoms with Crippen LogP contribution in [0.1, 0.15) is 0 Å². The van der Waals surface area contributed by atoms with Crippen LogP contribution in [0, 0.1) is 0 Å². The van der Waals surface area contributed by atoms with Gasteiger partial charge in [-0.25, -0.2) is 8.42 Å². The topological polar surface area (TPSA) is 67.4 Å². The largest absolute Gasteiger partial charge is 0.497 e. The Morgan fingerprint density at radius 1 is 1.31 bits per heavy atom. The quantitative estimate of drug-likeness (QED) is 0.792. The van der Waals surface area contributed by atoms with Crippen molar-refractivity contribution >= 4 is 33.0 Å². The van der Waals surface area contributed by atoms with Crippen LogP contribution in [0.3, 0.4) is 0 Å². The van der Waals surface area contributed by atoms with E-state index < -0.39 is 10.0 Å². The molecule has 7 heteroatoms. The SMILES string of the molecule is COc1ccc(NC(=S)NS(C)(=O)=O)cc1. The molecule has 1 aromatic rings. The molecule has 5 nitrogen and oxygen atoms in total. The van der Waals surface area contributed by atoms with Crippen LogP contribution < -0.4 is 14.8 Å². The van der Waals surface area contributed by atoms with Crippen LogP contribution >= 0.6 is 12.2 Å². The first-order chi connectivity index (χ1) is 7.40. The smallest absolute Gasteiger partial charge is 0.231 e. The van der Waals surface area contributed by atoms with Gasteiger partial charge >= 0.3 is 0 Å². The molecule has 1 rings (SSSR count). The Labute approximate surface area is 99.9 Å². The van der Waals surface area contributed by atoms with E-state index in [-0.39, 0.29) is 5.11 Å². The lowest BCUT2D eigenvalue weighted by atomic mass is 10.3. The molecule has 1 aromatic carbocycles. The van der Waals surface area contributed by atoms with E-state index in [1.165, 1.54) is 0 Å². The van der Waals surface area contributed by atoms with Gasteiger partial charge in [-0.05, 0) is 36.5 Å². The number of methoxy groups -OCH3 is 1. The van der Waals surface area contributed by atoms with E-state index in [1.807, 2.05) is 0 Å². The summed E-state index contributed by atoms with van der Waals surface area (Å²) in [7, 11) is -1.77. The van der Waals surface area contributed by atoms with Crippen LogP contribution in [0.15, 0.2) is 24.3 Å². The Hall–Kier alpha value is -1.34. The van der Waals surface area contributed by atoms with Gasteiger partial charge in [0.2, 0.25) is 10.0 Å². The van der Waals surface area contributed by atoms with Crippen molar-refractivity contribution in [1.29, 1.82) is 0 Å². The Bertz CT molecular complexity index is 468. The van der Waals surface area contributed by atoms with Crippen LogP contribution in [0.25, 0.3) is 0 Å². The number of rotatable bonds is 3. The third-order valence-corrected chi connectivity index (χ3v) is 2.53. The molecule has 16 heavy (non-hydrogen) atoms. The molecule has 0 aromatic heterocycles. The van der Waals surface area contributed by atoms with E-state index in [0.717, 1.165) is 6.26 Å². The third kappa shape index (κ3) is 4.45. The number of hydrogen-bond acceptors (Lipinski definition) is 4. The van der Waals surface area contributed by atoms with Crippen LogP contribution in [0.2, 0.25) is 0 Å². The lowest BCUT2D eigenvalue weighted by Crippen LogP contribution is -2.33. The molecular weight excluding hydrogens is 248 g/mol. The maximum absolute atomic E-state index is 10.9. The molecule has 0 unspecified atom stereocenters. The minimum absolute atomic E-state index is 0.0349. The Balaban J connectivity index is 2.63. The Morgan fingerprint density at radius 2 is 1.88 bits per heavy atom. The van der Waals surface area contributed by atoms with Gasteiger partial charge in [0.25, 0.3) is 0 Å². The van der Waals surface area contributed by atoms with E-state index in [9.17, 15) is 8.42 Å². The Morgan fingerprint density at radius 3 is 2.31 bits per heavy atom. The first-order valence-electron chi connectivity index (χ1n) is 4.33. The lowest BCUT2D eigenvalue weighted by molar-refractivity contribution is 0.415. The third-order valence-electron chi connectivity index (χ3n) is 1.63. The van der Waals surface area contributed by atoms with Crippen LogP contribution in [-0.2, 0) is 10.0 Å². The summed E-state index contributed by atoms with van der Waals surface area (Å²) >= 11 is 4.81. The average Bonchev–Trinajstić information content (AvgIpc) is 2.16. The minimum Gasteiger partial charge on any atom is -0.497 e. The van der Waals surface area contributed by atoms with E-state index in [0.29, 0.717) is 11.4 Å². The van der Waals surface area contributed by atoms with Gasteiger partial charge in [0.05, 0.1) is 13.4 Å². The van der Waals surface area contributed by atoms with Crippen molar-refractivity contribution in [2.45, 2.75) is 0 Å². The van der Waals surface area contributed by atoms with Crippen molar-refractivity contribution in [3.8, 4) is 5.75 Å². The molecular formula is C9H12N2O3S2. The van der Waals surface area contributed by atoms with E-state index in [4.69, 9.17) is 17.0 Å². The van der Waals surface area contributed by atoms with Gasteiger partial charge in [0, 0.05) is 5.69 Å². The summed E-state index contributed by atoms with van der Waals surface area (Å²) in [5.74, 6) is 0.715. The molecule has 0 saturated carbocycles. The van der Waals surface area contributed by atoms with Crippen molar-refractivity contribution < 1.29 is 13.2 Å². The number of ether oxygens (including phenoxy) is 1. The highest BCUT2D eigenvalue weighted by molar-refractivity contribution is 7.91. The highest BCUT2D eigenvalue weighted by Gasteiger charge is 2.04. The number of hydrogen-bond donors (Lipinski definition) is 2. The number of thiocarbonyl (C=S) groups is 1. The first-order valence-corrected chi connectivity index (χ1v) is 6.63. The minimum atomic E-state index is -3.33. The second kappa shape index (κ2) is 5.13. The molecule has 88 valence electrons. The fourth-order valence-electron chi connectivity index (χ4n) is 0.999. The van der Waals surface area contributed by atoms with Gasteiger partial charge in [-0.2, -0.15) is 0 Å². The van der Waals surface area contributed by atoms with Gasteiger partial charge in [-0.1, -0.05) is 0 Å². The molecule has 0 amide bonds. The summed E-state index contributed by atoms with van der Waals surface area (Å²) < 4.78 is 28.9. The van der Waals surface area contributed by atoms with Crippen molar-refractivity contribution in [3.63, 3.8) is 0 Å². The van der Waals surface area contributed by atoms with Gasteiger partial charge in [-0.15, -0.1) is 0 Å². The van der Waals surface area contributed by atoms with Crippen LogP contribution in [0.5, 0.6) is 5.75 Å². The average molecular weight is 260 g/mol. The second-order valence-electron chi connectivity index (χ2n) is 3.06. The highest BCUT2D eigenvalue weighted by Crippen LogP contribution is 2.14. The first kappa shape index (κ1) is 12.7. The molecule has 0 fully saturated rings. The Kier molecular flexibility index (Phi) is 4.08. The molecule has 0 bridgehead atoms. The normalized spacial score (nSPS) is 10.6. The predicted octanol–water partition coefficient (Wildman–Crippen LogP) is 0.941. The van der Waals surface area contributed by atoms with Gasteiger partial charge in [0.1, 0.15) is 5.75 Å². The van der Waals surface area contributed by atoms with Gasteiger partial charge in [0.15, 0.2) is 5.11 Å². The lowest BCUT2D eigenvalue weighted by Gasteiger charge is -2.09. The summed E-state index contributed by atoms with van der Waals surface area (Å²) in [6, 6.07) is 6.95. The number of sulfonamides is 1. The summed E-state index contributed by atoms with van der Waals surface area (Å²) in [5.41, 5.74) is 0.682. The summed E-state index contributed by atoms with van der Waals surface area (Å²) in [4.78, 5) is 0. The molecule has 0 heterocycles. The summed E-state index contributed by atoms with van der Waals surface area (Å²) in [6.45, 7) is 0.